The van der Waals surface area contributed by atoms with E-state index in [9.17, 15) is 18.8 Å². The van der Waals surface area contributed by atoms with Crippen LogP contribution in [0.1, 0.15) is 23.6 Å². The summed E-state index contributed by atoms with van der Waals surface area (Å²) in [4.78, 5) is 43.2. The fourth-order valence-electron chi connectivity index (χ4n) is 4.79. The van der Waals surface area contributed by atoms with E-state index in [-0.39, 0.29) is 18.0 Å². The molecule has 0 unspecified atom stereocenters. The lowest BCUT2D eigenvalue weighted by Crippen LogP contribution is -2.57. The summed E-state index contributed by atoms with van der Waals surface area (Å²) in [5.41, 5.74) is 2.29. The first-order chi connectivity index (χ1) is 20.9. The summed E-state index contributed by atoms with van der Waals surface area (Å²) in [6.45, 7) is 6.09. The van der Waals surface area contributed by atoms with E-state index in [0.29, 0.717) is 52.6 Å². The number of carbonyl (C=O) groups excluding carboxylic acids is 3. The highest BCUT2D eigenvalue weighted by molar-refractivity contribution is 6.46. The molecule has 0 N–H and O–H groups in total. The Morgan fingerprint density at radius 3 is 1.98 bits per heavy atom. The number of rotatable bonds is 10. The number of urea groups is 1. The monoisotopic (exact) mass is 576 g/mol. The van der Waals surface area contributed by atoms with Crippen LogP contribution in [0.2, 0.25) is 0 Å². The van der Waals surface area contributed by atoms with Gasteiger partial charge in [0.25, 0.3) is 11.8 Å². The molecule has 7 nitrogen and oxygen atoms in total. The van der Waals surface area contributed by atoms with Gasteiger partial charge in [-0.3, -0.25) is 9.59 Å². The number of anilines is 2. The average Bonchev–Trinajstić information content (AvgIpc) is 3.00. The molecule has 1 aliphatic rings. The molecule has 1 aliphatic heterocycles. The fraction of sp³-hybridized carbons (Fsp3) is 0.114. The molecule has 4 aromatic rings. The maximum atomic E-state index is 13.8. The second-order valence-electron chi connectivity index (χ2n) is 9.64. The highest BCUT2D eigenvalue weighted by atomic mass is 19.1. The quantitative estimate of drug-likeness (QED) is 0.114. The van der Waals surface area contributed by atoms with Crippen LogP contribution in [0.4, 0.5) is 20.6 Å². The number of hydrogen-bond donors (Lipinski definition) is 0. The lowest BCUT2D eigenvalue weighted by atomic mass is 10.0. The molecule has 1 fully saturated rings. The van der Waals surface area contributed by atoms with Gasteiger partial charge in [0, 0.05) is 5.56 Å². The van der Waals surface area contributed by atoms with Gasteiger partial charge in [-0.15, -0.1) is 6.58 Å². The zero-order valence-corrected chi connectivity index (χ0v) is 23.5. The van der Waals surface area contributed by atoms with E-state index in [2.05, 4.69) is 6.58 Å². The van der Waals surface area contributed by atoms with Gasteiger partial charge in [0.2, 0.25) is 0 Å². The zero-order valence-electron chi connectivity index (χ0n) is 23.5. The van der Waals surface area contributed by atoms with Crippen molar-refractivity contribution in [2.45, 2.75) is 20.0 Å². The van der Waals surface area contributed by atoms with E-state index in [1.54, 1.807) is 91.0 Å². The number of allylic oxidation sites excluding steroid dienone is 1. The molecule has 216 valence electrons. The molecule has 0 radical (unpaired) electrons. The molecule has 4 aromatic carbocycles. The van der Waals surface area contributed by atoms with Gasteiger partial charge >= 0.3 is 6.03 Å². The topological polar surface area (TPSA) is 76.2 Å². The fourth-order valence-corrected chi connectivity index (χ4v) is 4.79. The molecule has 1 saturated heterocycles. The first kappa shape index (κ1) is 29.0. The van der Waals surface area contributed by atoms with Gasteiger partial charge in [0.15, 0.2) is 11.5 Å². The van der Waals surface area contributed by atoms with Gasteiger partial charge < -0.3 is 9.47 Å². The molecular weight excluding hydrogens is 547 g/mol. The molecule has 0 bridgehead atoms. The van der Waals surface area contributed by atoms with Crippen molar-refractivity contribution in [3.05, 3.63) is 138 Å². The Morgan fingerprint density at radius 1 is 0.791 bits per heavy atom. The van der Waals surface area contributed by atoms with E-state index in [1.807, 2.05) is 6.92 Å². The first-order valence-corrected chi connectivity index (χ1v) is 13.7. The van der Waals surface area contributed by atoms with Crippen LogP contribution in [0.5, 0.6) is 11.5 Å². The van der Waals surface area contributed by atoms with Crippen LogP contribution in [0.3, 0.4) is 0 Å². The third-order valence-electron chi connectivity index (χ3n) is 6.68. The molecule has 0 aliphatic carbocycles. The zero-order chi connectivity index (χ0) is 30.3. The number of benzene rings is 4. The van der Waals surface area contributed by atoms with Gasteiger partial charge in [0.1, 0.15) is 18.0 Å². The largest absolute Gasteiger partial charge is 0.490 e. The third kappa shape index (κ3) is 6.23. The van der Waals surface area contributed by atoms with Crippen molar-refractivity contribution < 1.29 is 28.2 Å². The highest BCUT2D eigenvalue weighted by Crippen LogP contribution is 2.36. The first-order valence-electron chi connectivity index (χ1n) is 13.7. The van der Waals surface area contributed by atoms with E-state index < -0.39 is 17.8 Å². The van der Waals surface area contributed by atoms with Crippen LogP contribution in [0, 0.1) is 5.82 Å². The van der Waals surface area contributed by atoms with Crippen molar-refractivity contribution in [2.75, 3.05) is 16.4 Å². The number of imide groups is 2. The Labute approximate surface area is 249 Å². The lowest BCUT2D eigenvalue weighted by Gasteiger charge is -2.34. The van der Waals surface area contributed by atoms with E-state index in [4.69, 9.17) is 9.47 Å². The minimum absolute atomic E-state index is 0.0968. The maximum Gasteiger partial charge on any atom is 0.343 e. The number of carbonyl (C=O) groups is 3. The van der Waals surface area contributed by atoms with E-state index in [1.165, 1.54) is 18.2 Å². The number of para-hydroxylation sites is 2. The average molecular weight is 577 g/mol. The predicted molar refractivity (Wildman–Crippen MR) is 163 cm³/mol. The molecule has 0 saturated carbocycles. The Hall–Kier alpha value is -5.50. The summed E-state index contributed by atoms with van der Waals surface area (Å²) < 4.78 is 25.8. The SMILES string of the molecule is C=CCc1cc(C=C2C(=O)N(c3ccccc3)C(=O)N(c3ccccc3)C2=O)cc(OCC)c1OCc1cccc(F)c1. The Bertz CT molecular complexity index is 1640. The molecular formula is C35H29FN2O5. The van der Waals surface area contributed by atoms with Crippen molar-refractivity contribution in [3.8, 4) is 11.5 Å². The summed E-state index contributed by atoms with van der Waals surface area (Å²) >= 11 is 0. The van der Waals surface area contributed by atoms with E-state index in [0.717, 1.165) is 9.80 Å². The smallest absolute Gasteiger partial charge is 0.343 e. The second-order valence-corrected chi connectivity index (χ2v) is 9.64. The minimum atomic E-state index is -0.770. The number of hydrogen-bond acceptors (Lipinski definition) is 5. The molecule has 0 aromatic heterocycles. The van der Waals surface area contributed by atoms with Crippen molar-refractivity contribution >= 4 is 35.3 Å². The molecule has 0 atom stereocenters. The summed E-state index contributed by atoms with van der Waals surface area (Å²) in [5.74, 6) is -1.03. The minimum Gasteiger partial charge on any atom is -0.490 e. The normalized spacial score (nSPS) is 13.3. The van der Waals surface area contributed by atoms with Crippen molar-refractivity contribution in [3.63, 3.8) is 0 Å². The molecule has 0 spiro atoms. The third-order valence-corrected chi connectivity index (χ3v) is 6.68. The Balaban J connectivity index is 1.60. The van der Waals surface area contributed by atoms with Crippen molar-refractivity contribution in [2.24, 2.45) is 0 Å². The summed E-state index contributed by atoms with van der Waals surface area (Å²) in [5, 5.41) is 0. The van der Waals surface area contributed by atoms with Gasteiger partial charge in [-0.2, -0.15) is 0 Å². The lowest BCUT2D eigenvalue weighted by molar-refractivity contribution is -0.121. The highest BCUT2D eigenvalue weighted by Gasteiger charge is 2.43. The number of barbiturate groups is 1. The molecule has 8 heteroatoms. The van der Waals surface area contributed by atoms with Gasteiger partial charge in [-0.1, -0.05) is 54.6 Å². The second kappa shape index (κ2) is 13.0. The Kier molecular flexibility index (Phi) is 8.77. The van der Waals surface area contributed by atoms with Crippen LogP contribution in [0.25, 0.3) is 6.08 Å². The number of ether oxygens (including phenoxy) is 2. The van der Waals surface area contributed by atoms with Crippen LogP contribution in [-0.4, -0.2) is 24.5 Å². The number of nitrogens with zero attached hydrogens (tertiary/aromatic N) is 2. The predicted octanol–water partition coefficient (Wildman–Crippen LogP) is 7.12. The molecule has 43 heavy (non-hydrogen) atoms. The molecule has 1 heterocycles. The standard InChI is InChI=1S/C35H29FN2O5/c1-3-12-26-19-25(22-31(42-4-2)32(26)43-23-24-13-11-14-27(36)20-24)21-30-33(39)37(28-15-7-5-8-16-28)35(41)38(34(30)40)29-17-9-6-10-18-29/h3,5-11,13-22H,1,4,12,23H2,2H3. The molecule has 5 rings (SSSR count). The summed E-state index contributed by atoms with van der Waals surface area (Å²) in [7, 11) is 0. The van der Waals surface area contributed by atoms with Crippen LogP contribution in [0.15, 0.2) is 115 Å². The Morgan fingerprint density at radius 2 is 1.42 bits per heavy atom. The van der Waals surface area contributed by atoms with Crippen LogP contribution >= 0.6 is 0 Å². The number of halogens is 1. The van der Waals surface area contributed by atoms with E-state index >= 15 is 0 Å². The molecule has 4 amide bonds. The summed E-state index contributed by atoms with van der Waals surface area (Å²) in [6, 6.07) is 25.7. The maximum absolute atomic E-state index is 13.8. The number of amides is 4. The van der Waals surface area contributed by atoms with Gasteiger partial charge in [-0.05, 0) is 79.1 Å². The van der Waals surface area contributed by atoms with Crippen molar-refractivity contribution in [1.82, 2.24) is 0 Å². The van der Waals surface area contributed by atoms with Gasteiger partial charge in [0.05, 0.1) is 18.0 Å². The van der Waals surface area contributed by atoms with Crippen LogP contribution in [-0.2, 0) is 22.6 Å². The van der Waals surface area contributed by atoms with Gasteiger partial charge in [-0.25, -0.2) is 19.0 Å². The summed E-state index contributed by atoms with van der Waals surface area (Å²) in [6.07, 6.45) is 3.54. The van der Waals surface area contributed by atoms with Crippen LogP contribution < -0.4 is 19.3 Å². The van der Waals surface area contributed by atoms with Crippen molar-refractivity contribution in [1.29, 1.82) is 0 Å².